The first-order chi connectivity index (χ1) is 13.5. The van der Waals surface area contributed by atoms with Crippen LogP contribution in [0.2, 0.25) is 0 Å². The number of piperazine rings is 1. The Morgan fingerprint density at radius 2 is 1.68 bits per heavy atom. The summed E-state index contributed by atoms with van der Waals surface area (Å²) in [4.78, 5) is 39.9. The average molecular weight is 408 g/mol. The van der Waals surface area contributed by atoms with E-state index in [1.165, 1.54) is 36.0 Å². The van der Waals surface area contributed by atoms with Gasteiger partial charge < -0.3 is 15.5 Å². The third kappa shape index (κ3) is 6.79. The molecule has 1 heterocycles. The van der Waals surface area contributed by atoms with E-state index in [1.54, 1.807) is 4.90 Å². The first kappa shape index (κ1) is 20.6. The van der Waals surface area contributed by atoms with Crippen LogP contribution in [0, 0.1) is 5.82 Å². The van der Waals surface area contributed by atoms with E-state index in [0.29, 0.717) is 44.5 Å². The topological polar surface area (TPSA) is 81.8 Å². The molecule has 2 aliphatic rings. The number of rotatable bonds is 8. The number of thioether (sulfide) groups is 1. The number of halogens is 1. The van der Waals surface area contributed by atoms with Crippen LogP contribution in [0.5, 0.6) is 0 Å². The standard InChI is InChI=1S/C19H25FN4O3S/c20-14-1-3-15(4-2-14)22-18(26)12-28-13-19(27)24-9-7-23(8-10-24)11-17(25)21-16-5-6-16/h1-4,16H,5-13H2,(H,21,25)(H,22,26). The summed E-state index contributed by atoms with van der Waals surface area (Å²) in [5.74, 6) is -0.132. The third-order valence-electron chi connectivity index (χ3n) is 4.62. The maximum absolute atomic E-state index is 12.8. The van der Waals surface area contributed by atoms with E-state index in [9.17, 15) is 18.8 Å². The van der Waals surface area contributed by atoms with Crippen molar-refractivity contribution in [2.24, 2.45) is 0 Å². The van der Waals surface area contributed by atoms with Gasteiger partial charge in [0.1, 0.15) is 5.82 Å². The van der Waals surface area contributed by atoms with Gasteiger partial charge in [-0.25, -0.2) is 4.39 Å². The molecule has 1 aromatic rings. The SMILES string of the molecule is O=C(CSCC(=O)N1CCN(CC(=O)NC2CC2)CC1)Nc1ccc(F)cc1. The molecule has 152 valence electrons. The summed E-state index contributed by atoms with van der Waals surface area (Å²) in [6.07, 6.45) is 2.15. The van der Waals surface area contributed by atoms with E-state index in [-0.39, 0.29) is 35.0 Å². The van der Waals surface area contributed by atoms with Crippen molar-refractivity contribution in [2.45, 2.75) is 18.9 Å². The second-order valence-electron chi connectivity index (χ2n) is 7.05. The summed E-state index contributed by atoms with van der Waals surface area (Å²) in [5, 5.41) is 5.64. The molecule has 1 saturated heterocycles. The number of nitrogens with zero attached hydrogens (tertiary/aromatic N) is 2. The van der Waals surface area contributed by atoms with Crippen LogP contribution in [0.4, 0.5) is 10.1 Å². The second kappa shape index (κ2) is 9.88. The van der Waals surface area contributed by atoms with E-state index in [4.69, 9.17) is 0 Å². The molecular weight excluding hydrogens is 383 g/mol. The predicted molar refractivity (Wildman–Crippen MR) is 107 cm³/mol. The van der Waals surface area contributed by atoms with Gasteiger partial charge >= 0.3 is 0 Å². The zero-order chi connectivity index (χ0) is 19.9. The van der Waals surface area contributed by atoms with Gasteiger partial charge in [0.15, 0.2) is 0 Å². The van der Waals surface area contributed by atoms with Gasteiger partial charge in [0.25, 0.3) is 0 Å². The molecule has 9 heteroatoms. The molecule has 1 aliphatic heterocycles. The highest BCUT2D eigenvalue weighted by Crippen LogP contribution is 2.18. The highest BCUT2D eigenvalue weighted by Gasteiger charge is 2.26. The quantitative estimate of drug-likeness (QED) is 0.669. The first-order valence-electron chi connectivity index (χ1n) is 9.42. The molecule has 3 amide bonds. The Balaban J connectivity index is 1.29. The lowest BCUT2D eigenvalue weighted by Gasteiger charge is -2.34. The number of carbonyl (C=O) groups excluding carboxylic acids is 3. The molecule has 3 rings (SSSR count). The van der Waals surface area contributed by atoms with Gasteiger partial charge in [0.05, 0.1) is 18.1 Å². The molecule has 0 aromatic heterocycles. The highest BCUT2D eigenvalue weighted by molar-refractivity contribution is 8.00. The van der Waals surface area contributed by atoms with Crippen molar-refractivity contribution in [2.75, 3.05) is 49.5 Å². The Labute approximate surface area is 168 Å². The fourth-order valence-corrected chi connectivity index (χ4v) is 3.63. The number of carbonyl (C=O) groups is 3. The van der Waals surface area contributed by atoms with Gasteiger partial charge in [-0.05, 0) is 37.1 Å². The lowest BCUT2D eigenvalue weighted by molar-refractivity contribution is -0.130. The predicted octanol–water partition coefficient (Wildman–Crippen LogP) is 0.920. The van der Waals surface area contributed by atoms with Crippen LogP contribution < -0.4 is 10.6 Å². The van der Waals surface area contributed by atoms with Crippen LogP contribution in [0.15, 0.2) is 24.3 Å². The molecule has 2 fully saturated rings. The number of anilines is 1. The molecule has 0 spiro atoms. The lowest BCUT2D eigenvalue weighted by atomic mass is 10.3. The maximum Gasteiger partial charge on any atom is 0.234 e. The molecule has 0 bridgehead atoms. The van der Waals surface area contributed by atoms with E-state index >= 15 is 0 Å². The van der Waals surface area contributed by atoms with Crippen LogP contribution in [-0.4, -0.2) is 77.8 Å². The molecule has 28 heavy (non-hydrogen) atoms. The van der Waals surface area contributed by atoms with Gasteiger partial charge in [-0.1, -0.05) is 0 Å². The van der Waals surface area contributed by atoms with Crippen LogP contribution in [0.1, 0.15) is 12.8 Å². The fraction of sp³-hybridized carbons (Fsp3) is 0.526. The van der Waals surface area contributed by atoms with Crippen molar-refractivity contribution in [1.29, 1.82) is 0 Å². The number of amides is 3. The number of benzene rings is 1. The Morgan fingerprint density at radius 3 is 2.32 bits per heavy atom. The second-order valence-corrected chi connectivity index (χ2v) is 8.03. The van der Waals surface area contributed by atoms with Gasteiger partial charge in [0, 0.05) is 37.9 Å². The Bertz CT molecular complexity index is 704. The minimum atomic E-state index is -0.360. The van der Waals surface area contributed by atoms with E-state index in [1.807, 2.05) is 0 Å². The molecule has 0 radical (unpaired) electrons. The van der Waals surface area contributed by atoms with Crippen molar-refractivity contribution in [3.63, 3.8) is 0 Å². The Morgan fingerprint density at radius 1 is 1.00 bits per heavy atom. The fourth-order valence-electron chi connectivity index (χ4n) is 2.91. The van der Waals surface area contributed by atoms with Crippen LogP contribution in [-0.2, 0) is 14.4 Å². The first-order valence-corrected chi connectivity index (χ1v) is 10.6. The van der Waals surface area contributed by atoms with Crippen molar-refractivity contribution in [3.05, 3.63) is 30.1 Å². The largest absolute Gasteiger partial charge is 0.352 e. The minimum Gasteiger partial charge on any atom is -0.352 e. The summed E-state index contributed by atoms with van der Waals surface area (Å²) >= 11 is 1.26. The van der Waals surface area contributed by atoms with Crippen LogP contribution >= 0.6 is 11.8 Å². The van der Waals surface area contributed by atoms with Gasteiger partial charge in [-0.3, -0.25) is 19.3 Å². The normalized spacial score (nSPS) is 17.2. The summed E-state index contributed by atoms with van der Waals surface area (Å²) in [5.41, 5.74) is 0.528. The summed E-state index contributed by atoms with van der Waals surface area (Å²) in [7, 11) is 0. The molecule has 0 unspecified atom stereocenters. The zero-order valence-corrected chi connectivity index (χ0v) is 16.5. The van der Waals surface area contributed by atoms with E-state index < -0.39 is 0 Å². The highest BCUT2D eigenvalue weighted by atomic mass is 32.2. The third-order valence-corrected chi connectivity index (χ3v) is 5.54. The molecule has 1 saturated carbocycles. The van der Waals surface area contributed by atoms with Gasteiger partial charge in [-0.2, -0.15) is 0 Å². The van der Waals surface area contributed by atoms with E-state index in [0.717, 1.165) is 12.8 Å². The van der Waals surface area contributed by atoms with Crippen molar-refractivity contribution in [3.8, 4) is 0 Å². The van der Waals surface area contributed by atoms with E-state index in [2.05, 4.69) is 15.5 Å². The van der Waals surface area contributed by atoms with Crippen molar-refractivity contribution < 1.29 is 18.8 Å². The number of nitrogens with one attached hydrogen (secondary N) is 2. The molecule has 7 nitrogen and oxygen atoms in total. The zero-order valence-electron chi connectivity index (χ0n) is 15.7. The Kier molecular flexibility index (Phi) is 7.27. The monoisotopic (exact) mass is 408 g/mol. The number of hydrogen-bond acceptors (Lipinski definition) is 5. The van der Waals surface area contributed by atoms with Crippen molar-refractivity contribution >= 4 is 35.2 Å². The smallest absolute Gasteiger partial charge is 0.234 e. The summed E-state index contributed by atoms with van der Waals surface area (Å²) in [6.45, 7) is 2.94. The average Bonchev–Trinajstić information content (AvgIpc) is 3.48. The number of hydrogen-bond donors (Lipinski definition) is 2. The van der Waals surface area contributed by atoms with Gasteiger partial charge in [-0.15, -0.1) is 11.8 Å². The van der Waals surface area contributed by atoms with Crippen LogP contribution in [0.25, 0.3) is 0 Å². The molecule has 1 aromatic carbocycles. The minimum absolute atomic E-state index is 0.00154. The van der Waals surface area contributed by atoms with Crippen molar-refractivity contribution in [1.82, 2.24) is 15.1 Å². The Hall–Kier alpha value is -2.13. The van der Waals surface area contributed by atoms with Gasteiger partial charge in [0.2, 0.25) is 17.7 Å². The molecule has 2 N–H and O–H groups in total. The molecule has 0 atom stereocenters. The molecular formula is C19H25FN4O3S. The summed E-state index contributed by atoms with van der Waals surface area (Å²) in [6, 6.07) is 5.91. The maximum atomic E-state index is 12.8. The molecule has 1 aliphatic carbocycles. The van der Waals surface area contributed by atoms with Crippen LogP contribution in [0.3, 0.4) is 0 Å². The summed E-state index contributed by atoms with van der Waals surface area (Å²) < 4.78 is 12.8. The lowest BCUT2D eigenvalue weighted by Crippen LogP contribution is -2.51.